The predicted molar refractivity (Wildman–Crippen MR) is 94.9 cm³/mol. The molecule has 0 amide bonds. The van der Waals surface area contributed by atoms with E-state index in [9.17, 15) is 0 Å². The van der Waals surface area contributed by atoms with Crippen LogP contribution in [0.15, 0.2) is 23.5 Å². The number of aliphatic imine (C=N–C) groups is 1. The Kier molecular flexibility index (Phi) is 5.06. The Morgan fingerprint density at radius 2 is 1.96 bits per heavy atom. The van der Waals surface area contributed by atoms with Crippen molar-refractivity contribution in [1.29, 1.82) is 0 Å². The molecule has 2 heterocycles. The van der Waals surface area contributed by atoms with Crippen molar-refractivity contribution >= 4 is 5.96 Å². The molecule has 2 aromatic rings. The molecule has 0 saturated heterocycles. The van der Waals surface area contributed by atoms with Gasteiger partial charge in [0.05, 0.1) is 20.8 Å². The minimum absolute atomic E-state index is 0.582. The number of nitrogens with zero attached hydrogens (tertiary/aromatic N) is 5. The highest BCUT2D eigenvalue weighted by atomic mass is 16.5. The van der Waals surface area contributed by atoms with E-state index in [-0.39, 0.29) is 0 Å². The molecule has 134 valence electrons. The summed E-state index contributed by atoms with van der Waals surface area (Å²) in [6.45, 7) is 2.24. The van der Waals surface area contributed by atoms with Crippen molar-refractivity contribution in [3.05, 3.63) is 35.4 Å². The summed E-state index contributed by atoms with van der Waals surface area (Å²) >= 11 is 0. The van der Waals surface area contributed by atoms with Crippen LogP contribution in [0.3, 0.4) is 0 Å². The fourth-order valence-electron chi connectivity index (χ4n) is 3.02. The summed E-state index contributed by atoms with van der Waals surface area (Å²) in [4.78, 5) is 6.63. The number of nitrogens with one attached hydrogen (secondary N) is 1. The Hall–Kier alpha value is -2.77. The Balaban J connectivity index is 1.73. The number of rotatable bonds is 4. The highest BCUT2D eigenvalue weighted by Gasteiger charge is 2.21. The van der Waals surface area contributed by atoms with Gasteiger partial charge < -0.3 is 24.3 Å². The molecule has 8 heteroatoms. The number of benzene rings is 1. The van der Waals surface area contributed by atoms with Crippen LogP contribution in [0.4, 0.5) is 0 Å². The van der Waals surface area contributed by atoms with Crippen molar-refractivity contribution < 1.29 is 9.47 Å². The molecule has 0 saturated carbocycles. The second-order valence-electron chi connectivity index (χ2n) is 5.91. The molecule has 25 heavy (non-hydrogen) atoms. The van der Waals surface area contributed by atoms with Gasteiger partial charge in [-0.15, -0.1) is 10.2 Å². The van der Waals surface area contributed by atoms with Gasteiger partial charge in [0.15, 0.2) is 23.3 Å². The second kappa shape index (κ2) is 7.42. The van der Waals surface area contributed by atoms with Crippen LogP contribution in [0.5, 0.6) is 11.5 Å². The summed E-state index contributed by atoms with van der Waals surface area (Å²) in [5.41, 5.74) is 2.52. The van der Waals surface area contributed by atoms with Crippen LogP contribution >= 0.6 is 0 Å². The fraction of sp³-hybridized carbons (Fsp3) is 0.471. The monoisotopic (exact) mass is 344 g/mol. The molecular formula is C17H24N6O2. The summed E-state index contributed by atoms with van der Waals surface area (Å²) in [5.74, 6) is 3.25. The number of hydrogen-bond acceptors (Lipinski definition) is 5. The van der Waals surface area contributed by atoms with E-state index in [1.54, 1.807) is 27.6 Å². The number of hydrogen-bond donors (Lipinski definition) is 1. The van der Waals surface area contributed by atoms with Gasteiger partial charge in [-0.05, 0) is 29.7 Å². The number of fused-ring (bicyclic) bond motifs is 1. The van der Waals surface area contributed by atoms with E-state index in [0.717, 1.165) is 42.8 Å². The lowest BCUT2D eigenvalue weighted by atomic mass is 9.99. The van der Waals surface area contributed by atoms with Gasteiger partial charge in [0.2, 0.25) is 0 Å². The lowest BCUT2D eigenvalue weighted by Gasteiger charge is -2.32. The number of methoxy groups -OCH3 is 2. The number of aromatic nitrogens is 3. The lowest BCUT2D eigenvalue weighted by Crippen LogP contribution is -2.44. The van der Waals surface area contributed by atoms with E-state index in [1.807, 2.05) is 11.6 Å². The van der Waals surface area contributed by atoms with E-state index < -0.39 is 0 Å². The molecule has 1 aliphatic rings. The largest absolute Gasteiger partial charge is 0.493 e. The first kappa shape index (κ1) is 17.1. The van der Waals surface area contributed by atoms with Crippen LogP contribution in [0.25, 0.3) is 0 Å². The first-order valence-electron chi connectivity index (χ1n) is 8.18. The van der Waals surface area contributed by atoms with E-state index in [4.69, 9.17) is 9.47 Å². The number of aryl methyl sites for hydroxylation is 1. The van der Waals surface area contributed by atoms with Gasteiger partial charge >= 0.3 is 0 Å². The summed E-state index contributed by atoms with van der Waals surface area (Å²) in [5, 5.41) is 11.3. The highest BCUT2D eigenvalue weighted by Crippen LogP contribution is 2.33. The molecule has 0 unspecified atom stereocenters. The Labute approximate surface area is 147 Å². The molecule has 0 atom stereocenters. The van der Waals surface area contributed by atoms with E-state index >= 15 is 0 Å². The molecular weight excluding hydrogens is 320 g/mol. The molecule has 1 aromatic carbocycles. The minimum Gasteiger partial charge on any atom is -0.493 e. The molecule has 3 rings (SSSR count). The van der Waals surface area contributed by atoms with Crippen molar-refractivity contribution in [3.8, 4) is 11.5 Å². The summed E-state index contributed by atoms with van der Waals surface area (Å²) in [7, 11) is 7.05. The van der Waals surface area contributed by atoms with Crippen molar-refractivity contribution in [2.24, 2.45) is 12.0 Å². The average Bonchev–Trinajstić information content (AvgIpc) is 3.05. The summed E-state index contributed by atoms with van der Waals surface area (Å²) in [6.07, 6.45) is 2.62. The van der Waals surface area contributed by atoms with Crippen LogP contribution in [0, 0.1) is 0 Å². The fourth-order valence-corrected chi connectivity index (χ4v) is 3.02. The molecule has 1 aromatic heterocycles. The minimum atomic E-state index is 0.582. The molecule has 1 N–H and O–H groups in total. The van der Waals surface area contributed by atoms with Crippen molar-refractivity contribution in [2.75, 3.05) is 27.8 Å². The van der Waals surface area contributed by atoms with Crippen LogP contribution in [-0.4, -0.2) is 53.4 Å². The zero-order valence-electron chi connectivity index (χ0n) is 15.1. The molecule has 0 spiro atoms. The Bertz CT molecular complexity index is 770. The van der Waals surface area contributed by atoms with Gasteiger partial charge in [-0.2, -0.15) is 0 Å². The third-order valence-corrected chi connectivity index (χ3v) is 4.44. The molecule has 0 radical (unpaired) electrons. The topological polar surface area (TPSA) is 76.8 Å². The van der Waals surface area contributed by atoms with Crippen molar-refractivity contribution in [1.82, 2.24) is 25.0 Å². The zero-order valence-corrected chi connectivity index (χ0v) is 15.1. The molecule has 1 aliphatic heterocycles. The zero-order chi connectivity index (χ0) is 17.8. The molecule has 0 aliphatic carbocycles. The van der Waals surface area contributed by atoms with E-state index in [1.165, 1.54) is 11.1 Å². The third-order valence-electron chi connectivity index (χ3n) is 4.44. The first-order chi connectivity index (χ1) is 12.2. The van der Waals surface area contributed by atoms with Crippen LogP contribution in [0.1, 0.15) is 17.0 Å². The summed E-state index contributed by atoms with van der Waals surface area (Å²) in [6, 6.07) is 4.12. The number of ether oxygens (including phenoxy) is 2. The van der Waals surface area contributed by atoms with Gasteiger partial charge in [-0.1, -0.05) is 0 Å². The summed E-state index contributed by atoms with van der Waals surface area (Å²) < 4.78 is 12.7. The quantitative estimate of drug-likeness (QED) is 0.658. The lowest BCUT2D eigenvalue weighted by molar-refractivity contribution is 0.345. The predicted octanol–water partition coefficient (Wildman–Crippen LogP) is 0.966. The highest BCUT2D eigenvalue weighted by molar-refractivity contribution is 5.80. The van der Waals surface area contributed by atoms with Gasteiger partial charge in [-0.25, -0.2) is 0 Å². The SMILES string of the molecule is CN=C(NCc1nncn1C)N1CCc2cc(OC)c(OC)cc2C1. The van der Waals surface area contributed by atoms with Gasteiger partial charge in [0, 0.05) is 27.2 Å². The second-order valence-corrected chi connectivity index (χ2v) is 5.91. The van der Waals surface area contributed by atoms with Crippen molar-refractivity contribution in [2.45, 2.75) is 19.5 Å². The van der Waals surface area contributed by atoms with E-state index in [0.29, 0.717) is 6.54 Å². The number of guanidine groups is 1. The maximum atomic E-state index is 5.43. The molecule has 0 fully saturated rings. The third kappa shape index (κ3) is 3.52. The molecule has 8 nitrogen and oxygen atoms in total. The Morgan fingerprint density at radius 1 is 1.24 bits per heavy atom. The standard InChI is InChI=1S/C17H24N6O2/c1-18-17(19-9-16-21-20-11-22(16)2)23-6-5-12-7-14(24-3)15(25-4)8-13(12)10-23/h7-8,11H,5-6,9-10H2,1-4H3,(H,18,19). The van der Waals surface area contributed by atoms with Gasteiger partial charge in [0.1, 0.15) is 6.33 Å². The maximum Gasteiger partial charge on any atom is 0.194 e. The smallest absolute Gasteiger partial charge is 0.194 e. The van der Waals surface area contributed by atoms with Crippen molar-refractivity contribution in [3.63, 3.8) is 0 Å². The maximum absolute atomic E-state index is 5.43. The van der Waals surface area contributed by atoms with Crippen LogP contribution < -0.4 is 14.8 Å². The van der Waals surface area contributed by atoms with Gasteiger partial charge in [0.25, 0.3) is 0 Å². The van der Waals surface area contributed by atoms with Crippen LogP contribution in [0.2, 0.25) is 0 Å². The van der Waals surface area contributed by atoms with Crippen LogP contribution in [-0.2, 0) is 26.6 Å². The van der Waals surface area contributed by atoms with E-state index in [2.05, 4.69) is 37.5 Å². The normalized spacial score (nSPS) is 14.2. The Morgan fingerprint density at radius 3 is 2.56 bits per heavy atom. The first-order valence-corrected chi connectivity index (χ1v) is 8.18. The average molecular weight is 344 g/mol. The molecule has 0 bridgehead atoms. The van der Waals surface area contributed by atoms with Gasteiger partial charge in [-0.3, -0.25) is 4.99 Å².